The van der Waals surface area contributed by atoms with Gasteiger partial charge in [0.1, 0.15) is 5.52 Å². The van der Waals surface area contributed by atoms with Crippen LogP contribution in [0.2, 0.25) is 0 Å². The molecule has 1 fully saturated rings. The number of anilines is 1. The standard InChI is InChI=1S/C16H25N5/c1-3-9-17-13-4-6-14(7-5-13)20(2)16-15-8-10-19-21(15)12-11-18-16/h8,10-14,17H,3-7,9H2,1-2H3. The first-order chi connectivity index (χ1) is 10.3. The van der Waals surface area contributed by atoms with Gasteiger partial charge in [-0.05, 0) is 44.7 Å². The maximum atomic E-state index is 4.57. The summed E-state index contributed by atoms with van der Waals surface area (Å²) < 4.78 is 1.90. The van der Waals surface area contributed by atoms with Crippen LogP contribution < -0.4 is 10.2 Å². The van der Waals surface area contributed by atoms with Crippen LogP contribution in [0.15, 0.2) is 24.7 Å². The molecule has 5 heteroatoms. The molecule has 0 amide bonds. The molecule has 0 unspecified atom stereocenters. The summed E-state index contributed by atoms with van der Waals surface area (Å²) in [4.78, 5) is 6.91. The van der Waals surface area contributed by atoms with Gasteiger partial charge in [0.05, 0.1) is 6.20 Å². The summed E-state index contributed by atoms with van der Waals surface area (Å²) in [6, 6.07) is 3.32. The molecular formula is C16H25N5. The lowest BCUT2D eigenvalue weighted by molar-refractivity contribution is 0.337. The van der Waals surface area contributed by atoms with E-state index in [1.165, 1.54) is 32.1 Å². The molecule has 0 saturated heterocycles. The SMILES string of the molecule is CCCNC1CCC(N(C)c2nccn3nccc23)CC1. The minimum Gasteiger partial charge on any atom is -0.355 e. The van der Waals surface area contributed by atoms with Crippen LogP contribution >= 0.6 is 0 Å². The van der Waals surface area contributed by atoms with Crippen molar-refractivity contribution in [2.45, 2.75) is 51.1 Å². The van der Waals surface area contributed by atoms with E-state index < -0.39 is 0 Å². The Hall–Kier alpha value is -1.62. The molecule has 1 aliphatic rings. The first-order valence-corrected chi connectivity index (χ1v) is 8.04. The summed E-state index contributed by atoms with van der Waals surface area (Å²) in [6.07, 6.45) is 11.8. The molecule has 2 aromatic heterocycles. The van der Waals surface area contributed by atoms with Crippen LogP contribution in [0, 0.1) is 0 Å². The van der Waals surface area contributed by atoms with E-state index in [0.29, 0.717) is 12.1 Å². The maximum absolute atomic E-state index is 4.57. The van der Waals surface area contributed by atoms with E-state index in [9.17, 15) is 0 Å². The predicted octanol–water partition coefficient (Wildman–Crippen LogP) is 2.48. The van der Waals surface area contributed by atoms with Crippen LogP contribution in [-0.4, -0.2) is 40.3 Å². The molecule has 1 aliphatic carbocycles. The van der Waals surface area contributed by atoms with Gasteiger partial charge in [0.15, 0.2) is 5.82 Å². The Morgan fingerprint density at radius 2 is 2.10 bits per heavy atom. The fourth-order valence-electron chi connectivity index (χ4n) is 3.30. The van der Waals surface area contributed by atoms with Gasteiger partial charge in [-0.3, -0.25) is 0 Å². The van der Waals surface area contributed by atoms with Crippen molar-refractivity contribution in [1.29, 1.82) is 0 Å². The summed E-state index contributed by atoms with van der Waals surface area (Å²) in [6.45, 7) is 3.37. The molecule has 2 heterocycles. The van der Waals surface area contributed by atoms with E-state index >= 15 is 0 Å². The summed E-state index contributed by atoms with van der Waals surface area (Å²) in [5, 5.41) is 7.94. The molecule has 1 saturated carbocycles. The third-order valence-corrected chi connectivity index (χ3v) is 4.57. The minimum absolute atomic E-state index is 0.582. The van der Waals surface area contributed by atoms with E-state index in [0.717, 1.165) is 17.9 Å². The topological polar surface area (TPSA) is 45.5 Å². The predicted molar refractivity (Wildman–Crippen MR) is 85.7 cm³/mol. The first-order valence-electron chi connectivity index (χ1n) is 8.04. The largest absolute Gasteiger partial charge is 0.355 e. The number of nitrogens with one attached hydrogen (secondary N) is 1. The maximum Gasteiger partial charge on any atom is 0.154 e. The highest BCUT2D eigenvalue weighted by molar-refractivity contribution is 5.68. The Labute approximate surface area is 126 Å². The van der Waals surface area contributed by atoms with E-state index in [4.69, 9.17) is 0 Å². The fraction of sp³-hybridized carbons (Fsp3) is 0.625. The van der Waals surface area contributed by atoms with Crippen molar-refractivity contribution in [2.24, 2.45) is 0 Å². The van der Waals surface area contributed by atoms with Crippen LogP contribution in [0.4, 0.5) is 5.82 Å². The Morgan fingerprint density at radius 1 is 1.29 bits per heavy atom. The van der Waals surface area contributed by atoms with Crippen molar-refractivity contribution < 1.29 is 0 Å². The van der Waals surface area contributed by atoms with Crippen molar-refractivity contribution in [3.8, 4) is 0 Å². The molecule has 0 bridgehead atoms. The fourth-order valence-corrected chi connectivity index (χ4v) is 3.30. The monoisotopic (exact) mass is 287 g/mol. The molecule has 3 rings (SSSR count). The third-order valence-electron chi connectivity index (χ3n) is 4.57. The molecule has 0 spiro atoms. The second kappa shape index (κ2) is 6.43. The Balaban J connectivity index is 1.66. The molecule has 21 heavy (non-hydrogen) atoms. The van der Waals surface area contributed by atoms with Gasteiger partial charge in [0.25, 0.3) is 0 Å². The van der Waals surface area contributed by atoms with Crippen molar-refractivity contribution in [2.75, 3.05) is 18.5 Å². The highest BCUT2D eigenvalue weighted by Gasteiger charge is 2.25. The van der Waals surface area contributed by atoms with Gasteiger partial charge in [-0.15, -0.1) is 0 Å². The van der Waals surface area contributed by atoms with Crippen molar-refractivity contribution in [3.05, 3.63) is 24.7 Å². The van der Waals surface area contributed by atoms with E-state index in [2.05, 4.69) is 34.3 Å². The normalized spacial score (nSPS) is 22.6. The van der Waals surface area contributed by atoms with Gasteiger partial charge in [-0.1, -0.05) is 6.92 Å². The lowest BCUT2D eigenvalue weighted by Gasteiger charge is -2.35. The number of hydrogen-bond donors (Lipinski definition) is 1. The zero-order chi connectivity index (χ0) is 14.7. The Morgan fingerprint density at radius 3 is 2.86 bits per heavy atom. The smallest absolute Gasteiger partial charge is 0.154 e. The van der Waals surface area contributed by atoms with E-state index in [-0.39, 0.29) is 0 Å². The molecular weight excluding hydrogens is 262 g/mol. The zero-order valence-electron chi connectivity index (χ0n) is 13.0. The highest BCUT2D eigenvalue weighted by Crippen LogP contribution is 2.27. The van der Waals surface area contributed by atoms with Crippen LogP contribution in [0.1, 0.15) is 39.0 Å². The molecule has 0 aliphatic heterocycles. The van der Waals surface area contributed by atoms with Gasteiger partial charge in [-0.2, -0.15) is 5.10 Å². The summed E-state index contributed by atoms with van der Waals surface area (Å²) in [5.41, 5.74) is 1.09. The van der Waals surface area contributed by atoms with Crippen LogP contribution in [0.25, 0.3) is 5.52 Å². The molecule has 0 radical (unpaired) electrons. The quantitative estimate of drug-likeness (QED) is 0.917. The van der Waals surface area contributed by atoms with Gasteiger partial charge in [0, 0.05) is 31.5 Å². The van der Waals surface area contributed by atoms with Crippen molar-refractivity contribution in [3.63, 3.8) is 0 Å². The lowest BCUT2D eigenvalue weighted by atomic mass is 9.90. The van der Waals surface area contributed by atoms with Crippen LogP contribution in [-0.2, 0) is 0 Å². The number of aromatic nitrogens is 3. The molecule has 1 N–H and O–H groups in total. The first kappa shape index (κ1) is 14.3. The summed E-state index contributed by atoms with van der Waals surface area (Å²) >= 11 is 0. The summed E-state index contributed by atoms with van der Waals surface area (Å²) in [7, 11) is 2.17. The highest BCUT2D eigenvalue weighted by atomic mass is 15.3. The molecule has 0 aromatic carbocycles. The second-order valence-corrected chi connectivity index (χ2v) is 5.98. The van der Waals surface area contributed by atoms with Gasteiger partial charge < -0.3 is 10.2 Å². The van der Waals surface area contributed by atoms with Crippen molar-refractivity contribution >= 4 is 11.3 Å². The Bertz CT molecular complexity index is 571. The lowest BCUT2D eigenvalue weighted by Crippen LogP contribution is -2.41. The molecule has 0 atom stereocenters. The molecule has 2 aromatic rings. The van der Waals surface area contributed by atoms with Gasteiger partial charge >= 0.3 is 0 Å². The van der Waals surface area contributed by atoms with Gasteiger partial charge in [0.2, 0.25) is 0 Å². The second-order valence-electron chi connectivity index (χ2n) is 5.98. The van der Waals surface area contributed by atoms with Crippen molar-refractivity contribution in [1.82, 2.24) is 19.9 Å². The van der Waals surface area contributed by atoms with E-state index in [1.807, 2.05) is 29.2 Å². The number of rotatable bonds is 5. The average Bonchev–Trinajstić information content (AvgIpc) is 3.01. The third kappa shape index (κ3) is 3.02. The average molecular weight is 287 g/mol. The van der Waals surface area contributed by atoms with Gasteiger partial charge in [-0.25, -0.2) is 9.50 Å². The zero-order valence-corrected chi connectivity index (χ0v) is 13.0. The van der Waals surface area contributed by atoms with E-state index in [1.54, 1.807) is 0 Å². The number of fused-ring (bicyclic) bond motifs is 1. The molecule has 5 nitrogen and oxygen atoms in total. The Kier molecular flexibility index (Phi) is 4.39. The number of hydrogen-bond acceptors (Lipinski definition) is 4. The number of nitrogens with zero attached hydrogens (tertiary/aromatic N) is 4. The summed E-state index contributed by atoms with van der Waals surface area (Å²) in [5.74, 6) is 1.04. The molecule has 114 valence electrons. The minimum atomic E-state index is 0.582. The van der Waals surface area contributed by atoms with Crippen LogP contribution in [0.3, 0.4) is 0 Å². The van der Waals surface area contributed by atoms with Crippen LogP contribution in [0.5, 0.6) is 0 Å².